The van der Waals surface area contributed by atoms with Gasteiger partial charge < -0.3 is 15.6 Å². The van der Waals surface area contributed by atoms with Gasteiger partial charge in [0.2, 0.25) is 5.89 Å². The summed E-state index contributed by atoms with van der Waals surface area (Å²) in [7, 11) is 0. The summed E-state index contributed by atoms with van der Waals surface area (Å²) < 4.78 is 4.99. The number of aryl methyl sites for hydroxylation is 1. The van der Waals surface area contributed by atoms with Gasteiger partial charge in [0.05, 0.1) is 16.9 Å². The van der Waals surface area contributed by atoms with Crippen molar-refractivity contribution in [2.75, 3.05) is 17.6 Å². The molecule has 0 atom stereocenters. The number of para-hydroxylation sites is 1. The predicted octanol–water partition coefficient (Wildman–Crippen LogP) is 1.49. The number of nitrogens with one attached hydrogen (secondary N) is 1. The number of benzene rings is 1. The maximum Gasteiger partial charge on any atom is 0.228 e. The lowest BCUT2D eigenvalue weighted by Crippen LogP contribution is -2.07. The Labute approximate surface area is 104 Å². The molecule has 92 valence electrons. The lowest BCUT2D eigenvalue weighted by molar-refractivity contribution is 0.377. The molecule has 2 rings (SSSR count). The van der Waals surface area contributed by atoms with Crippen LogP contribution in [-0.4, -0.2) is 16.7 Å². The van der Waals surface area contributed by atoms with Crippen LogP contribution < -0.4 is 11.1 Å². The highest BCUT2D eigenvalue weighted by molar-refractivity contribution is 5.72. The summed E-state index contributed by atoms with van der Waals surface area (Å²) in [5.74, 6) is 1.20. The summed E-state index contributed by atoms with van der Waals surface area (Å²) in [6, 6.07) is 7.34. The highest BCUT2D eigenvalue weighted by Gasteiger charge is 2.05. The third-order valence-electron chi connectivity index (χ3n) is 2.45. The van der Waals surface area contributed by atoms with Crippen LogP contribution in [0.2, 0.25) is 0 Å². The van der Waals surface area contributed by atoms with Crippen molar-refractivity contribution in [2.24, 2.45) is 0 Å². The van der Waals surface area contributed by atoms with Crippen molar-refractivity contribution in [2.45, 2.75) is 13.3 Å². The minimum Gasteiger partial charge on any atom is -0.396 e. The van der Waals surface area contributed by atoms with E-state index in [1.807, 2.05) is 12.1 Å². The Morgan fingerprint density at radius 2 is 2.33 bits per heavy atom. The maximum atomic E-state index is 8.86. The van der Waals surface area contributed by atoms with Gasteiger partial charge in [-0.15, -0.1) is 0 Å². The van der Waals surface area contributed by atoms with Crippen molar-refractivity contribution in [1.82, 2.24) is 10.1 Å². The molecule has 0 bridgehead atoms. The highest BCUT2D eigenvalue weighted by Crippen LogP contribution is 2.21. The molecule has 18 heavy (non-hydrogen) atoms. The van der Waals surface area contributed by atoms with Gasteiger partial charge >= 0.3 is 0 Å². The summed E-state index contributed by atoms with van der Waals surface area (Å²) in [5, 5.41) is 15.7. The standard InChI is InChI=1S/C12H13N5O/c1-8-16-11(18-17-8)5-6-15-10-4-2-3-9(7-13)12(10)14/h2-4,15H,5-6,14H2,1H3. The highest BCUT2D eigenvalue weighted by atomic mass is 16.5. The van der Waals surface area contributed by atoms with E-state index in [1.165, 1.54) is 0 Å². The number of anilines is 2. The molecule has 0 spiro atoms. The summed E-state index contributed by atoms with van der Waals surface area (Å²) in [5.41, 5.74) is 7.51. The lowest BCUT2D eigenvalue weighted by atomic mass is 10.1. The van der Waals surface area contributed by atoms with E-state index in [9.17, 15) is 0 Å². The van der Waals surface area contributed by atoms with Crippen LogP contribution in [0.3, 0.4) is 0 Å². The summed E-state index contributed by atoms with van der Waals surface area (Å²) in [4.78, 5) is 4.10. The van der Waals surface area contributed by atoms with Gasteiger partial charge in [0.15, 0.2) is 5.82 Å². The Bertz CT molecular complexity index is 584. The molecule has 2 aromatic rings. The zero-order valence-electron chi connectivity index (χ0n) is 9.97. The second kappa shape index (κ2) is 5.19. The quantitative estimate of drug-likeness (QED) is 0.789. The number of nitrogens with two attached hydrogens (primary N) is 1. The van der Waals surface area contributed by atoms with Gasteiger partial charge in [-0.05, 0) is 19.1 Å². The predicted molar refractivity (Wildman–Crippen MR) is 66.8 cm³/mol. The molecule has 0 amide bonds. The SMILES string of the molecule is Cc1noc(CCNc2cccc(C#N)c2N)n1. The summed E-state index contributed by atoms with van der Waals surface area (Å²) >= 11 is 0. The van der Waals surface area contributed by atoms with Gasteiger partial charge in [-0.1, -0.05) is 11.2 Å². The molecular weight excluding hydrogens is 230 g/mol. The molecule has 3 N–H and O–H groups in total. The van der Waals surface area contributed by atoms with Crippen LogP contribution in [-0.2, 0) is 6.42 Å². The third-order valence-corrected chi connectivity index (χ3v) is 2.45. The number of rotatable bonds is 4. The topological polar surface area (TPSA) is 101 Å². The van der Waals surface area contributed by atoms with Crippen molar-refractivity contribution < 1.29 is 4.52 Å². The van der Waals surface area contributed by atoms with Crippen molar-refractivity contribution in [1.29, 1.82) is 5.26 Å². The second-order valence-electron chi connectivity index (χ2n) is 3.79. The van der Waals surface area contributed by atoms with Gasteiger partial charge in [-0.25, -0.2) is 0 Å². The fourth-order valence-corrected chi connectivity index (χ4v) is 1.56. The molecule has 1 aromatic heterocycles. The minimum atomic E-state index is 0.460. The molecule has 1 heterocycles. The normalized spacial score (nSPS) is 10.0. The molecule has 0 fully saturated rings. The van der Waals surface area contributed by atoms with Crippen LogP contribution in [0.25, 0.3) is 0 Å². The lowest BCUT2D eigenvalue weighted by Gasteiger charge is -2.08. The summed E-state index contributed by atoms with van der Waals surface area (Å²) in [6.45, 7) is 2.38. The first-order chi connectivity index (χ1) is 8.70. The monoisotopic (exact) mass is 243 g/mol. The molecule has 6 heteroatoms. The Balaban J connectivity index is 1.97. The first-order valence-corrected chi connectivity index (χ1v) is 5.52. The van der Waals surface area contributed by atoms with Gasteiger partial charge in [0.25, 0.3) is 0 Å². The van der Waals surface area contributed by atoms with E-state index in [1.54, 1.807) is 19.1 Å². The number of aromatic nitrogens is 2. The smallest absolute Gasteiger partial charge is 0.228 e. The van der Waals surface area contributed by atoms with Crippen molar-refractivity contribution in [3.63, 3.8) is 0 Å². The fraction of sp³-hybridized carbons (Fsp3) is 0.250. The number of hydrogen-bond donors (Lipinski definition) is 2. The minimum absolute atomic E-state index is 0.460. The van der Waals surface area contributed by atoms with E-state index in [-0.39, 0.29) is 0 Å². The van der Waals surface area contributed by atoms with E-state index in [2.05, 4.69) is 15.5 Å². The maximum absolute atomic E-state index is 8.86. The van der Waals surface area contributed by atoms with Gasteiger partial charge in [0.1, 0.15) is 6.07 Å². The van der Waals surface area contributed by atoms with Gasteiger partial charge in [-0.2, -0.15) is 10.2 Å². The molecular formula is C12H13N5O. The average Bonchev–Trinajstić information content (AvgIpc) is 2.77. The van der Waals surface area contributed by atoms with Crippen molar-refractivity contribution >= 4 is 11.4 Å². The van der Waals surface area contributed by atoms with Gasteiger partial charge in [-0.3, -0.25) is 0 Å². The van der Waals surface area contributed by atoms with Crippen LogP contribution in [0.1, 0.15) is 17.3 Å². The van der Waals surface area contributed by atoms with E-state index in [0.29, 0.717) is 35.9 Å². The molecule has 0 saturated carbocycles. The van der Waals surface area contributed by atoms with Crippen LogP contribution in [0.4, 0.5) is 11.4 Å². The molecule has 0 unspecified atom stereocenters. The van der Waals surface area contributed by atoms with Crippen LogP contribution >= 0.6 is 0 Å². The van der Waals surface area contributed by atoms with E-state index in [4.69, 9.17) is 15.5 Å². The van der Waals surface area contributed by atoms with Crippen LogP contribution in [0.15, 0.2) is 22.7 Å². The van der Waals surface area contributed by atoms with Crippen molar-refractivity contribution in [3.8, 4) is 6.07 Å². The molecule has 0 aliphatic heterocycles. The Morgan fingerprint density at radius 3 is 3.00 bits per heavy atom. The first kappa shape index (κ1) is 11.9. The molecule has 1 aromatic carbocycles. The molecule has 0 aliphatic carbocycles. The number of nitrogen functional groups attached to an aromatic ring is 1. The van der Waals surface area contributed by atoms with Gasteiger partial charge in [0, 0.05) is 13.0 Å². The number of hydrogen-bond acceptors (Lipinski definition) is 6. The molecule has 0 radical (unpaired) electrons. The van der Waals surface area contributed by atoms with Crippen LogP contribution in [0.5, 0.6) is 0 Å². The molecule has 0 saturated heterocycles. The van der Waals surface area contributed by atoms with E-state index >= 15 is 0 Å². The van der Waals surface area contributed by atoms with E-state index in [0.717, 1.165) is 5.69 Å². The van der Waals surface area contributed by atoms with E-state index < -0.39 is 0 Å². The third kappa shape index (κ3) is 2.58. The van der Waals surface area contributed by atoms with Crippen LogP contribution in [0, 0.1) is 18.3 Å². The zero-order valence-corrected chi connectivity index (χ0v) is 9.97. The number of nitriles is 1. The number of nitrogens with zero attached hydrogens (tertiary/aromatic N) is 3. The zero-order chi connectivity index (χ0) is 13.0. The second-order valence-corrected chi connectivity index (χ2v) is 3.79. The fourth-order valence-electron chi connectivity index (χ4n) is 1.56. The Morgan fingerprint density at radius 1 is 1.50 bits per heavy atom. The largest absolute Gasteiger partial charge is 0.396 e. The molecule has 6 nitrogen and oxygen atoms in total. The Kier molecular flexibility index (Phi) is 3.44. The van der Waals surface area contributed by atoms with Crippen molar-refractivity contribution in [3.05, 3.63) is 35.5 Å². The molecule has 0 aliphatic rings. The summed E-state index contributed by atoms with van der Waals surface area (Å²) in [6.07, 6.45) is 0.608. The Hall–Kier alpha value is -2.55. The first-order valence-electron chi connectivity index (χ1n) is 5.52. The average molecular weight is 243 g/mol.